The van der Waals surface area contributed by atoms with E-state index in [1.165, 1.54) is 43.4 Å². The normalized spacial score (nSPS) is 25.0. The van der Waals surface area contributed by atoms with Gasteiger partial charge in [0, 0.05) is 30.4 Å². The third kappa shape index (κ3) is 3.59. The van der Waals surface area contributed by atoms with E-state index in [0.717, 1.165) is 0 Å². The molecule has 1 heterocycles. The summed E-state index contributed by atoms with van der Waals surface area (Å²) in [5.41, 5.74) is 3.14. The average Bonchev–Trinajstić information content (AvgIpc) is 2.56. The summed E-state index contributed by atoms with van der Waals surface area (Å²) in [6.07, 6.45) is 8.68. The number of nitrogens with zero attached hydrogens (tertiary/aromatic N) is 2. The van der Waals surface area contributed by atoms with Crippen LogP contribution in [0.1, 0.15) is 70.2 Å². The van der Waals surface area contributed by atoms with E-state index in [1.54, 1.807) is 0 Å². The summed E-state index contributed by atoms with van der Waals surface area (Å²) in [7, 11) is 2.01. The molecule has 0 spiro atoms. The van der Waals surface area contributed by atoms with Crippen LogP contribution in [0.2, 0.25) is 0 Å². The SMILES string of the molecule is Cc1c(C(C)NC2CCCC(C)(C)CC2)cnn1C. The van der Waals surface area contributed by atoms with E-state index in [-0.39, 0.29) is 0 Å². The van der Waals surface area contributed by atoms with Gasteiger partial charge in [-0.15, -0.1) is 0 Å². The van der Waals surface area contributed by atoms with Gasteiger partial charge in [0.2, 0.25) is 0 Å². The molecule has 3 nitrogen and oxygen atoms in total. The summed E-state index contributed by atoms with van der Waals surface area (Å²) >= 11 is 0. The van der Waals surface area contributed by atoms with Crippen molar-refractivity contribution in [2.75, 3.05) is 0 Å². The number of hydrogen-bond donors (Lipinski definition) is 1. The Kier molecular flexibility index (Phi) is 4.34. The first-order chi connectivity index (χ1) is 8.89. The number of rotatable bonds is 3. The van der Waals surface area contributed by atoms with Crippen LogP contribution in [0.25, 0.3) is 0 Å². The molecule has 1 fully saturated rings. The molecule has 1 aliphatic rings. The van der Waals surface area contributed by atoms with Gasteiger partial charge in [-0.1, -0.05) is 20.3 Å². The van der Waals surface area contributed by atoms with Gasteiger partial charge < -0.3 is 5.32 Å². The van der Waals surface area contributed by atoms with Crippen LogP contribution in [0.15, 0.2) is 6.20 Å². The molecular formula is C16H29N3. The monoisotopic (exact) mass is 263 g/mol. The maximum atomic E-state index is 4.35. The van der Waals surface area contributed by atoms with E-state index in [1.807, 2.05) is 17.9 Å². The van der Waals surface area contributed by atoms with E-state index < -0.39 is 0 Å². The third-order valence-electron chi connectivity index (χ3n) is 4.80. The molecule has 108 valence electrons. The summed E-state index contributed by atoms with van der Waals surface area (Å²) < 4.78 is 1.96. The fraction of sp³-hybridized carbons (Fsp3) is 0.812. The first kappa shape index (κ1) is 14.6. The van der Waals surface area contributed by atoms with Crippen LogP contribution in [0.5, 0.6) is 0 Å². The van der Waals surface area contributed by atoms with Crippen molar-refractivity contribution in [1.82, 2.24) is 15.1 Å². The van der Waals surface area contributed by atoms with Crippen LogP contribution in [0.3, 0.4) is 0 Å². The predicted octanol–water partition coefficient (Wildman–Crippen LogP) is 3.74. The van der Waals surface area contributed by atoms with Gasteiger partial charge >= 0.3 is 0 Å². The Hall–Kier alpha value is -0.830. The van der Waals surface area contributed by atoms with Gasteiger partial charge in [-0.25, -0.2) is 0 Å². The molecule has 1 aromatic rings. The average molecular weight is 263 g/mol. The van der Waals surface area contributed by atoms with E-state index in [9.17, 15) is 0 Å². The van der Waals surface area contributed by atoms with Crippen molar-refractivity contribution in [3.8, 4) is 0 Å². The highest BCUT2D eigenvalue weighted by Gasteiger charge is 2.25. The van der Waals surface area contributed by atoms with Gasteiger partial charge in [-0.2, -0.15) is 5.10 Å². The van der Waals surface area contributed by atoms with Crippen molar-refractivity contribution in [2.24, 2.45) is 12.5 Å². The summed E-state index contributed by atoms with van der Waals surface area (Å²) in [5, 5.41) is 8.16. The van der Waals surface area contributed by atoms with Gasteiger partial charge in [0.15, 0.2) is 0 Å². The Balaban J connectivity index is 1.95. The van der Waals surface area contributed by atoms with Crippen LogP contribution in [0, 0.1) is 12.3 Å². The van der Waals surface area contributed by atoms with Crippen molar-refractivity contribution in [3.05, 3.63) is 17.5 Å². The number of nitrogens with one attached hydrogen (secondary N) is 1. The first-order valence-electron chi connectivity index (χ1n) is 7.63. The quantitative estimate of drug-likeness (QED) is 0.842. The van der Waals surface area contributed by atoms with E-state index in [2.05, 4.69) is 38.1 Å². The van der Waals surface area contributed by atoms with Crippen LogP contribution in [-0.4, -0.2) is 15.8 Å². The molecule has 2 rings (SSSR count). The number of hydrogen-bond acceptors (Lipinski definition) is 2. The second-order valence-corrected chi connectivity index (χ2v) is 6.99. The minimum Gasteiger partial charge on any atom is -0.307 e. The molecule has 0 saturated heterocycles. The second kappa shape index (κ2) is 5.66. The lowest BCUT2D eigenvalue weighted by Crippen LogP contribution is -2.31. The zero-order chi connectivity index (χ0) is 14.0. The molecule has 0 amide bonds. The van der Waals surface area contributed by atoms with Gasteiger partial charge in [0.1, 0.15) is 0 Å². The van der Waals surface area contributed by atoms with Crippen LogP contribution < -0.4 is 5.32 Å². The van der Waals surface area contributed by atoms with Crippen LogP contribution in [0.4, 0.5) is 0 Å². The first-order valence-corrected chi connectivity index (χ1v) is 7.63. The predicted molar refractivity (Wildman–Crippen MR) is 80.1 cm³/mol. The Labute approximate surface area is 117 Å². The Morgan fingerprint density at radius 1 is 1.37 bits per heavy atom. The van der Waals surface area contributed by atoms with E-state index in [4.69, 9.17) is 0 Å². The van der Waals surface area contributed by atoms with Crippen molar-refractivity contribution < 1.29 is 0 Å². The molecule has 19 heavy (non-hydrogen) atoms. The molecule has 1 saturated carbocycles. The molecular weight excluding hydrogens is 234 g/mol. The summed E-state index contributed by atoms with van der Waals surface area (Å²) in [5.74, 6) is 0. The zero-order valence-corrected chi connectivity index (χ0v) is 13.2. The highest BCUT2D eigenvalue weighted by molar-refractivity contribution is 5.19. The molecule has 0 aliphatic heterocycles. The van der Waals surface area contributed by atoms with E-state index in [0.29, 0.717) is 17.5 Å². The topological polar surface area (TPSA) is 29.9 Å². The van der Waals surface area contributed by atoms with Gasteiger partial charge in [0.05, 0.1) is 6.20 Å². The third-order valence-corrected chi connectivity index (χ3v) is 4.80. The smallest absolute Gasteiger partial charge is 0.0540 e. The maximum Gasteiger partial charge on any atom is 0.0540 e. The van der Waals surface area contributed by atoms with Crippen molar-refractivity contribution in [1.29, 1.82) is 0 Å². The highest BCUT2D eigenvalue weighted by atomic mass is 15.3. The van der Waals surface area contributed by atoms with Crippen molar-refractivity contribution >= 4 is 0 Å². The molecule has 0 radical (unpaired) electrons. The summed E-state index contributed by atoms with van der Waals surface area (Å²) in [6.45, 7) is 9.23. The second-order valence-electron chi connectivity index (χ2n) is 6.99. The van der Waals surface area contributed by atoms with Crippen molar-refractivity contribution in [2.45, 2.75) is 71.9 Å². The molecule has 2 unspecified atom stereocenters. The molecule has 1 N–H and O–H groups in total. The Bertz CT molecular complexity index is 420. The van der Waals surface area contributed by atoms with Gasteiger partial charge in [-0.3, -0.25) is 4.68 Å². The Morgan fingerprint density at radius 2 is 2.11 bits per heavy atom. The van der Waals surface area contributed by atoms with Crippen LogP contribution in [-0.2, 0) is 7.05 Å². The minimum absolute atomic E-state index is 0.403. The van der Waals surface area contributed by atoms with Crippen LogP contribution >= 0.6 is 0 Å². The summed E-state index contributed by atoms with van der Waals surface area (Å²) in [4.78, 5) is 0. The fourth-order valence-corrected chi connectivity index (χ4v) is 3.21. The maximum absolute atomic E-state index is 4.35. The van der Waals surface area contributed by atoms with Gasteiger partial charge in [-0.05, 0) is 44.9 Å². The number of aryl methyl sites for hydroxylation is 1. The standard InChI is InChI=1S/C16H29N3/c1-12(15-11-17-19(5)13(15)2)18-14-7-6-9-16(3,4)10-8-14/h11-12,14,18H,6-10H2,1-5H3. The molecule has 1 aliphatic carbocycles. The lowest BCUT2D eigenvalue weighted by Gasteiger charge is -2.24. The zero-order valence-electron chi connectivity index (χ0n) is 13.2. The molecule has 2 atom stereocenters. The molecule has 1 aromatic heterocycles. The molecule has 0 bridgehead atoms. The van der Waals surface area contributed by atoms with Crippen molar-refractivity contribution in [3.63, 3.8) is 0 Å². The molecule has 3 heteroatoms. The van der Waals surface area contributed by atoms with Gasteiger partial charge in [0.25, 0.3) is 0 Å². The Morgan fingerprint density at radius 3 is 2.74 bits per heavy atom. The highest BCUT2D eigenvalue weighted by Crippen LogP contribution is 2.34. The molecule has 0 aromatic carbocycles. The number of aromatic nitrogens is 2. The van der Waals surface area contributed by atoms with E-state index >= 15 is 0 Å². The largest absolute Gasteiger partial charge is 0.307 e. The lowest BCUT2D eigenvalue weighted by atomic mass is 9.85. The minimum atomic E-state index is 0.403. The fourth-order valence-electron chi connectivity index (χ4n) is 3.21. The lowest BCUT2D eigenvalue weighted by molar-refractivity contribution is 0.307. The summed E-state index contributed by atoms with van der Waals surface area (Å²) in [6, 6.07) is 1.07.